The van der Waals surface area contributed by atoms with Crippen LogP contribution in [0.15, 0.2) is 24.4 Å². The van der Waals surface area contributed by atoms with Gasteiger partial charge in [0, 0.05) is 19.3 Å². The third-order valence-electron chi connectivity index (χ3n) is 3.12. The molecule has 0 unspecified atom stereocenters. The number of rotatable bonds is 6. The van der Waals surface area contributed by atoms with E-state index >= 15 is 0 Å². The Bertz CT molecular complexity index is 649. The van der Waals surface area contributed by atoms with Crippen LogP contribution >= 0.6 is 0 Å². The largest absolute Gasteiger partial charge is 0.496 e. The van der Waals surface area contributed by atoms with Crippen molar-refractivity contribution >= 4 is 5.78 Å². The molecule has 6 heteroatoms. The third-order valence-corrected chi connectivity index (χ3v) is 3.12. The molecule has 112 valence electrons. The molecule has 0 aliphatic heterocycles. The van der Waals surface area contributed by atoms with E-state index in [0.717, 1.165) is 0 Å². The first kappa shape index (κ1) is 14.9. The lowest BCUT2D eigenvalue weighted by Crippen LogP contribution is -2.08. The zero-order valence-corrected chi connectivity index (χ0v) is 12.5. The van der Waals surface area contributed by atoms with E-state index < -0.39 is 0 Å². The number of aromatic nitrogens is 2. The molecule has 0 saturated heterocycles. The van der Waals surface area contributed by atoms with Gasteiger partial charge in [-0.05, 0) is 12.1 Å². The molecule has 0 aliphatic carbocycles. The van der Waals surface area contributed by atoms with Gasteiger partial charge in [0.25, 0.3) is 0 Å². The number of hydrogen-bond acceptors (Lipinski definition) is 5. The molecule has 0 amide bonds. The van der Waals surface area contributed by atoms with Crippen LogP contribution < -0.4 is 14.2 Å². The fourth-order valence-corrected chi connectivity index (χ4v) is 2.06. The summed E-state index contributed by atoms with van der Waals surface area (Å²) in [5.74, 6) is 1.37. The van der Waals surface area contributed by atoms with Gasteiger partial charge in [-0.1, -0.05) is 0 Å². The molecule has 1 aromatic heterocycles. The number of benzene rings is 1. The maximum atomic E-state index is 12.4. The van der Waals surface area contributed by atoms with Crippen molar-refractivity contribution in [2.45, 2.75) is 6.42 Å². The number of aryl methyl sites for hydroxylation is 1. The van der Waals surface area contributed by atoms with E-state index in [-0.39, 0.29) is 12.2 Å². The third kappa shape index (κ3) is 3.16. The molecule has 0 N–H and O–H groups in total. The van der Waals surface area contributed by atoms with Gasteiger partial charge >= 0.3 is 0 Å². The molecule has 0 saturated carbocycles. The molecule has 0 fully saturated rings. The van der Waals surface area contributed by atoms with Crippen molar-refractivity contribution in [3.63, 3.8) is 0 Å². The smallest absolute Gasteiger partial charge is 0.172 e. The van der Waals surface area contributed by atoms with E-state index in [2.05, 4.69) is 5.10 Å². The van der Waals surface area contributed by atoms with Crippen LogP contribution in [0.2, 0.25) is 0 Å². The van der Waals surface area contributed by atoms with Crippen LogP contribution in [0.4, 0.5) is 0 Å². The highest BCUT2D eigenvalue weighted by Crippen LogP contribution is 2.35. The van der Waals surface area contributed by atoms with Crippen LogP contribution in [0.5, 0.6) is 17.2 Å². The Morgan fingerprint density at radius 1 is 1.10 bits per heavy atom. The maximum absolute atomic E-state index is 12.4. The molecular formula is C15H18N2O4. The highest BCUT2D eigenvalue weighted by atomic mass is 16.5. The van der Waals surface area contributed by atoms with Gasteiger partial charge in [0.15, 0.2) is 17.3 Å². The topological polar surface area (TPSA) is 62.6 Å². The monoisotopic (exact) mass is 290 g/mol. The zero-order valence-electron chi connectivity index (χ0n) is 12.5. The van der Waals surface area contributed by atoms with Gasteiger partial charge in [0.2, 0.25) is 0 Å². The van der Waals surface area contributed by atoms with Gasteiger partial charge in [-0.15, -0.1) is 0 Å². The Kier molecular flexibility index (Phi) is 4.47. The van der Waals surface area contributed by atoms with Crippen molar-refractivity contribution in [3.8, 4) is 17.2 Å². The Labute approximate surface area is 123 Å². The van der Waals surface area contributed by atoms with Gasteiger partial charge < -0.3 is 14.2 Å². The summed E-state index contributed by atoms with van der Waals surface area (Å²) in [7, 11) is 6.38. The molecule has 0 bridgehead atoms. The van der Waals surface area contributed by atoms with Gasteiger partial charge in [-0.25, -0.2) is 0 Å². The fraction of sp³-hybridized carbons (Fsp3) is 0.333. The first-order valence-corrected chi connectivity index (χ1v) is 6.40. The Morgan fingerprint density at radius 2 is 1.71 bits per heavy atom. The van der Waals surface area contributed by atoms with Crippen LogP contribution in [-0.2, 0) is 13.5 Å². The lowest BCUT2D eigenvalue weighted by Gasteiger charge is -2.13. The molecule has 0 atom stereocenters. The van der Waals surface area contributed by atoms with Crippen LogP contribution in [0.3, 0.4) is 0 Å². The minimum Gasteiger partial charge on any atom is -0.496 e. The van der Waals surface area contributed by atoms with E-state index in [1.54, 1.807) is 23.0 Å². The number of nitrogens with zero attached hydrogens (tertiary/aromatic N) is 2. The number of Topliss-reactive ketones (excluding diaryl/α,β-unsaturated/α-hetero) is 1. The minimum atomic E-state index is -0.0912. The van der Waals surface area contributed by atoms with E-state index in [9.17, 15) is 4.79 Å². The average Bonchev–Trinajstić information content (AvgIpc) is 2.90. The van der Waals surface area contributed by atoms with Gasteiger partial charge in [0.05, 0.1) is 39.0 Å². The fourth-order valence-electron chi connectivity index (χ4n) is 2.06. The Morgan fingerprint density at radius 3 is 2.24 bits per heavy atom. The zero-order chi connectivity index (χ0) is 15.4. The van der Waals surface area contributed by atoms with E-state index in [0.29, 0.717) is 28.5 Å². The van der Waals surface area contributed by atoms with Gasteiger partial charge in [0.1, 0.15) is 5.75 Å². The molecule has 0 aliphatic rings. The predicted molar refractivity (Wildman–Crippen MR) is 77.3 cm³/mol. The second-order valence-electron chi connectivity index (χ2n) is 4.49. The lowest BCUT2D eigenvalue weighted by molar-refractivity contribution is 0.0988. The quantitative estimate of drug-likeness (QED) is 0.760. The van der Waals surface area contributed by atoms with E-state index in [1.165, 1.54) is 21.3 Å². The SMILES string of the molecule is COc1cc(OC)c(C(=O)Cc2ccn(C)n2)cc1OC. The summed E-state index contributed by atoms with van der Waals surface area (Å²) in [6.07, 6.45) is 2.00. The minimum absolute atomic E-state index is 0.0912. The summed E-state index contributed by atoms with van der Waals surface area (Å²) >= 11 is 0. The molecule has 0 spiro atoms. The van der Waals surface area contributed by atoms with Crippen molar-refractivity contribution in [2.24, 2.45) is 7.05 Å². The number of ketones is 1. The molecule has 2 rings (SSSR count). The summed E-state index contributed by atoms with van der Waals surface area (Å²) in [4.78, 5) is 12.4. The Hall–Kier alpha value is -2.50. The van der Waals surface area contributed by atoms with Crippen molar-refractivity contribution < 1.29 is 19.0 Å². The summed E-state index contributed by atoms with van der Waals surface area (Å²) in [5.41, 5.74) is 1.15. The van der Waals surface area contributed by atoms with Gasteiger partial charge in [-0.2, -0.15) is 5.10 Å². The number of carbonyl (C=O) groups is 1. The molecule has 0 radical (unpaired) electrons. The normalized spacial score (nSPS) is 10.3. The summed E-state index contributed by atoms with van der Waals surface area (Å²) < 4.78 is 17.4. The van der Waals surface area contributed by atoms with Crippen molar-refractivity contribution in [2.75, 3.05) is 21.3 Å². The van der Waals surface area contributed by atoms with Crippen molar-refractivity contribution in [3.05, 3.63) is 35.7 Å². The summed E-state index contributed by atoms with van der Waals surface area (Å²) in [6.45, 7) is 0. The van der Waals surface area contributed by atoms with E-state index in [1.807, 2.05) is 13.1 Å². The van der Waals surface area contributed by atoms with E-state index in [4.69, 9.17) is 14.2 Å². The average molecular weight is 290 g/mol. The second-order valence-corrected chi connectivity index (χ2v) is 4.49. The highest BCUT2D eigenvalue weighted by Gasteiger charge is 2.18. The second kappa shape index (κ2) is 6.30. The van der Waals surface area contributed by atoms with Crippen LogP contribution in [0.25, 0.3) is 0 Å². The van der Waals surface area contributed by atoms with Crippen molar-refractivity contribution in [1.29, 1.82) is 0 Å². The maximum Gasteiger partial charge on any atom is 0.172 e. The first-order chi connectivity index (χ1) is 10.1. The summed E-state index contributed by atoms with van der Waals surface area (Å²) in [5, 5.41) is 4.21. The molecule has 21 heavy (non-hydrogen) atoms. The number of carbonyl (C=O) groups excluding carboxylic acids is 1. The number of hydrogen-bond donors (Lipinski definition) is 0. The highest BCUT2D eigenvalue weighted by molar-refractivity contribution is 6.00. The Balaban J connectivity index is 2.34. The summed E-state index contributed by atoms with van der Waals surface area (Å²) in [6, 6.07) is 5.08. The predicted octanol–water partition coefficient (Wildman–Crippen LogP) is 1.87. The first-order valence-electron chi connectivity index (χ1n) is 6.40. The molecule has 1 heterocycles. The van der Waals surface area contributed by atoms with Gasteiger partial charge in [-0.3, -0.25) is 9.48 Å². The van der Waals surface area contributed by atoms with Crippen molar-refractivity contribution in [1.82, 2.24) is 9.78 Å². The lowest BCUT2D eigenvalue weighted by atomic mass is 10.0. The van der Waals surface area contributed by atoms with Crippen LogP contribution in [0, 0.1) is 0 Å². The van der Waals surface area contributed by atoms with Crippen LogP contribution in [-0.4, -0.2) is 36.9 Å². The molecule has 1 aromatic carbocycles. The number of methoxy groups -OCH3 is 3. The molecule has 6 nitrogen and oxygen atoms in total. The van der Waals surface area contributed by atoms with Crippen LogP contribution in [0.1, 0.15) is 16.1 Å². The standard InChI is InChI=1S/C15H18N2O4/c1-17-6-5-10(16-17)7-12(18)11-8-14(20-3)15(21-4)9-13(11)19-2/h5-6,8-9H,7H2,1-4H3. The molecular weight excluding hydrogens is 272 g/mol. The molecule has 2 aromatic rings. The number of ether oxygens (including phenoxy) is 3.